The maximum absolute atomic E-state index is 12.7. The van der Waals surface area contributed by atoms with Gasteiger partial charge in [0, 0.05) is 0 Å². The zero-order chi connectivity index (χ0) is 13.5. The highest BCUT2D eigenvalue weighted by Gasteiger charge is 2.37. The second-order valence-corrected chi connectivity index (χ2v) is 5.00. The van der Waals surface area contributed by atoms with Crippen LogP contribution in [0.3, 0.4) is 0 Å². The van der Waals surface area contributed by atoms with Crippen molar-refractivity contribution in [3.05, 3.63) is 34.3 Å². The van der Waals surface area contributed by atoms with E-state index in [1.807, 2.05) is 0 Å². The third kappa shape index (κ3) is 3.75. The summed E-state index contributed by atoms with van der Waals surface area (Å²) in [5.41, 5.74) is 5.12. The molecule has 1 saturated carbocycles. The van der Waals surface area contributed by atoms with E-state index in [2.05, 4.69) is 0 Å². The van der Waals surface area contributed by atoms with Gasteiger partial charge in [-0.05, 0) is 36.5 Å². The van der Waals surface area contributed by atoms with Crippen molar-refractivity contribution in [2.45, 2.75) is 31.2 Å². The molecular weight excluding hydrogens is 302 g/mol. The highest BCUT2D eigenvalue weighted by Crippen LogP contribution is 2.39. The van der Waals surface area contributed by atoms with E-state index in [4.69, 9.17) is 17.3 Å². The summed E-state index contributed by atoms with van der Waals surface area (Å²) >= 11 is 5.52. The van der Waals surface area contributed by atoms with E-state index in [-0.39, 0.29) is 28.9 Å². The van der Waals surface area contributed by atoms with Crippen molar-refractivity contribution in [1.29, 1.82) is 0 Å². The van der Waals surface area contributed by atoms with Gasteiger partial charge < -0.3 is 10.8 Å². The number of alkyl halides is 3. The van der Waals surface area contributed by atoms with Crippen molar-refractivity contribution < 1.29 is 18.3 Å². The second-order valence-electron chi connectivity index (χ2n) is 4.59. The molecular formula is C12H14Cl2F3NO. The molecule has 1 fully saturated rings. The van der Waals surface area contributed by atoms with Crippen molar-refractivity contribution in [3.8, 4) is 0 Å². The molecule has 3 N–H and O–H groups in total. The maximum atomic E-state index is 12.7. The van der Waals surface area contributed by atoms with Gasteiger partial charge in [-0.1, -0.05) is 17.7 Å². The van der Waals surface area contributed by atoms with Crippen LogP contribution in [0.5, 0.6) is 0 Å². The molecule has 0 heterocycles. The number of aliphatic hydroxyl groups is 1. The average Bonchev–Trinajstić information content (AvgIpc) is 3.10. The summed E-state index contributed by atoms with van der Waals surface area (Å²) in [6.07, 6.45) is -3.58. The monoisotopic (exact) mass is 315 g/mol. The van der Waals surface area contributed by atoms with Crippen LogP contribution in [0.2, 0.25) is 5.02 Å². The fraction of sp³-hybridized carbons (Fsp3) is 0.500. The molecule has 0 bridgehead atoms. The summed E-state index contributed by atoms with van der Waals surface area (Å²) in [5, 5.41) is 9.47. The summed E-state index contributed by atoms with van der Waals surface area (Å²) in [7, 11) is 0. The summed E-state index contributed by atoms with van der Waals surface area (Å²) in [5.74, 6) is 0.102. The first-order valence-electron chi connectivity index (χ1n) is 5.61. The summed E-state index contributed by atoms with van der Waals surface area (Å²) in [4.78, 5) is 0. The Hall–Kier alpha value is -0.490. The molecule has 0 radical (unpaired) electrons. The third-order valence-corrected chi connectivity index (χ3v) is 3.48. The minimum absolute atomic E-state index is 0. The molecule has 1 aromatic rings. The van der Waals surface area contributed by atoms with Gasteiger partial charge in [0.25, 0.3) is 0 Å². The minimum Gasteiger partial charge on any atom is -0.391 e. The van der Waals surface area contributed by atoms with E-state index in [1.54, 1.807) is 0 Å². The van der Waals surface area contributed by atoms with Crippen LogP contribution in [0.15, 0.2) is 18.2 Å². The molecule has 0 amide bonds. The van der Waals surface area contributed by atoms with Crippen LogP contribution in [0, 0.1) is 5.92 Å². The van der Waals surface area contributed by atoms with Gasteiger partial charge in [-0.15, -0.1) is 12.4 Å². The summed E-state index contributed by atoms with van der Waals surface area (Å²) < 4.78 is 38.0. The smallest absolute Gasteiger partial charge is 0.391 e. The Kier molecular flexibility index (Phi) is 5.12. The lowest BCUT2D eigenvalue weighted by molar-refractivity contribution is -0.137. The number of hydrogen-bond donors (Lipinski definition) is 2. The van der Waals surface area contributed by atoms with E-state index in [1.165, 1.54) is 12.1 Å². The Bertz CT molecular complexity index is 449. The topological polar surface area (TPSA) is 46.2 Å². The second kappa shape index (κ2) is 5.87. The van der Waals surface area contributed by atoms with Gasteiger partial charge in [-0.25, -0.2) is 0 Å². The standard InChI is InChI=1S/C12H13ClF3NO.ClH/c13-9-4-3-7(5-8(9)12(14,15)16)10(17)11(18)6-1-2-6;/h3-6,10-11,18H,1-2,17H2;1H/t10-,11+;/m0./s1. The molecule has 108 valence electrons. The molecule has 19 heavy (non-hydrogen) atoms. The average molecular weight is 316 g/mol. The quantitative estimate of drug-likeness (QED) is 0.896. The summed E-state index contributed by atoms with van der Waals surface area (Å²) in [6, 6.07) is 2.70. The maximum Gasteiger partial charge on any atom is 0.417 e. The Morgan fingerprint density at radius 3 is 2.37 bits per heavy atom. The fourth-order valence-corrected chi connectivity index (χ4v) is 2.12. The molecule has 0 unspecified atom stereocenters. The zero-order valence-electron chi connectivity index (χ0n) is 9.82. The van der Waals surface area contributed by atoms with Crippen molar-refractivity contribution in [2.75, 3.05) is 0 Å². The molecule has 0 aromatic heterocycles. The highest BCUT2D eigenvalue weighted by molar-refractivity contribution is 6.31. The number of rotatable bonds is 3. The van der Waals surface area contributed by atoms with Crippen molar-refractivity contribution in [2.24, 2.45) is 11.7 Å². The van der Waals surface area contributed by atoms with Crippen molar-refractivity contribution in [3.63, 3.8) is 0 Å². The molecule has 1 aliphatic carbocycles. The fourth-order valence-electron chi connectivity index (χ4n) is 1.90. The molecule has 0 aliphatic heterocycles. The van der Waals surface area contributed by atoms with Crippen LogP contribution < -0.4 is 5.73 Å². The van der Waals surface area contributed by atoms with Gasteiger partial charge in [0.2, 0.25) is 0 Å². The lowest BCUT2D eigenvalue weighted by Gasteiger charge is -2.20. The first kappa shape index (κ1) is 16.6. The number of halogens is 5. The molecule has 2 atom stereocenters. The van der Waals surface area contributed by atoms with Crippen LogP contribution in [-0.2, 0) is 6.18 Å². The zero-order valence-corrected chi connectivity index (χ0v) is 11.4. The number of benzene rings is 1. The molecule has 7 heteroatoms. The van der Waals surface area contributed by atoms with Crippen LogP contribution in [0.25, 0.3) is 0 Å². The van der Waals surface area contributed by atoms with Crippen molar-refractivity contribution in [1.82, 2.24) is 0 Å². The highest BCUT2D eigenvalue weighted by atomic mass is 35.5. The molecule has 1 aliphatic rings. The van der Waals surface area contributed by atoms with Crippen LogP contribution in [0.1, 0.15) is 30.0 Å². The Balaban J connectivity index is 0.00000180. The van der Waals surface area contributed by atoms with E-state index < -0.39 is 23.9 Å². The number of hydrogen-bond acceptors (Lipinski definition) is 2. The lowest BCUT2D eigenvalue weighted by Crippen LogP contribution is -2.28. The summed E-state index contributed by atoms with van der Waals surface area (Å²) in [6.45, 7) is 0. The number of aliphatic hydroxyl groups excluding tert-OH is 1. The Morgan fingerprint density at radius 1 is 1.32 bits per heavy atom. The SMILES string of the molecule is Cl.N[C@@H](c1ccc(Cl)c(C(F)(F)F)c1)[C@H](O)C1CC1. The molecule has 0 saturated heterocycles. The Labute approximate surface area is 120 Å². The van der Waals surface area contributed by atoms with Crippen LogP contribution >= 0.6 is 24.0 Å². The van der Waals surface area contributed by atoms with E-state index in [9.17, 15) is 18.3 Å². The normalized spacial score (nSPS) is 18.6. The van der Waals surface area contributed by atoms with Crippen LogP contribution in [-0.4, -0.2) is 11.2 Å². The molecule has 2 rings (SSSR count). The predicted octanol–water partition coefficient (Wildman–Crippen LogP) is 3.55. The molecule has 0 spiro atoms. The third-order valence-electron chi connectivity index (χ3n) is 3.15. The van der Waals surface area contributed by atoms with Crippen molar-refractivity contribution >= 4 is 24.0 Å². The van der Waals surface area contributed by atoms with Gasteiger partial charge in [-0.3, -0.25) is 0 Å². The predicted molar refractivity (Wildman–Crippen MR) is 69.4 cm³/mol. The van der Waals surface area contributed by atoms with E-state index in [0.717, 1.165) is 18.9 Å². The largest absolute Gasteiger partial charge is 0.417 e. The van der Waals surface area contributed by atoms with Gasteiger partial charge in [-0.2, -0.15) is 13.2 Å². The van der Waals surface area contributed by atoms with Gasteiger partial charge in [0.05, 0.1) is 22.7 Å². The minimum atomic E-state index is -4.52. The lowest BCUT2D eigenvalue weighted by atomic mass is 9.97. The van der Waals surface area contributed by atoms with E-state index in [0.29, 0.717) is 0 Å². The Morgan fingerprint density at radius 2 is 1.89 bits per heavy atom. The van der Waals surface area contributed by atoms with Crippen LogP contribution in [0.4, 0.5) is 13.2 Å². The molecule has 1 aromatic carbocycles. The first-order valence-corrected chi connectivity index (χ1v) is 5.99. The molecule has 2 nitrogen and oxygen atoms in total. The first-order chi connectivity index (χ1) is 8.30. The van der Waals surface area contributed by atoms with Gasteiger partial charge >= 0.3 is 6.18 Å². The van der Waals surface area contributed by atoms with Gasteiger partial charge in [0.1, 0.15) is 0 Å². The van der Waals surface area contributed by atoms with Gasteiger partial charge in [0.15, 0.2) is 0 Å². The number of nitrogens with two attached hydrogens (primary N) is 1. The van der Waals surface area contributed by atoms with E-state index >= 15 is 0 Å².